The van der Waals surface area contributed by atoms with Crippen molar-refractivity contribution in [3.63, 3.8) is 0 Å². The number of nitrogens with zero attached hydrogens (tertiary/aromatic N) is 1. The maximum atomic E-state index is 14.6. The monoisotopic (exact) mass is 526 g/mol. The summed E-state index contributed by atoms with van der Waals surface area (Å²) >= 11 is 7.43. The average molecular weight is 527 g/mol. The second-order valence-electron chi connectivity index (χ2n) is 8.58. The molecule has 0 radical (unpaired) electrons. The van der Waals surface area contributed by atoms with Gasteiger partial charge in [0.15, 0.2) is 0 Å². The van der Waals surface area contributed by atoms with Crippen molar-refractivity contribution in [2.24, 2.45) is 0 Å². The standard InChI is InChI=1S/C29H32ClFN2O2S/c1-2-3-17-32-29(35)27(18-22-9-5-4-6-10-22)33(19-24-11-7-8-12-26(24)31)28(34)21-36-20-23-13-15-25(30)16-14-23/h4-16,27H,2-3,17-21H2,1H3,(H,32,35)/t27-/m0/s1. The highest BCUT2D eigenvalue weighted by Crippen LogP contribution is 2.20. The third-order valence-corrected chi connectivity index (χ3v) is 7.05. The predicted octanol–water partition coefficient (Wildman–Crippen LogP) is 6.27. The van der Waals surface area contributed by atoms with Gasteiger partial charge < -0.3 is 10.2 Å². The van der Waals surface area contributed by atoms with E-state index in [9.17, 15) is 14.0 Å². The molecule has 190 valence electrons. The molecule has 36 heavy (non-hydrogen) atoms. The lowest BCUT2D eigenvalue weighted by atomic mass is 10.0. The summed E-state index contributed by atoms with van der Waals surface area (Å²) in [6.45, 7) is 2.61. The van der Waals surface area contributed by atoms with Gasteiger partial charge in [0.05, 0.1) is 5.75 Å². The van der Waals surface area contributed by atoms with E-state index in [4.69, 9.17) is 11.6 Å². The molecule has 0 saturated heterocycles. The zero-order valence-electron chi connectivity index (χ0n) is 20.5. The normalized spacial score (nSPS) is 11.6. The van der Waals surface area contributed by atoms with Crippen LogP contribution in [-0.2, 0) is 28.3 Å². The van der Waals surface area contributed by atoms with E-state index in [0.717, 1.165) is 24.0 Å². The Labute approximate surface area is 222 Å². The highest BCUT2D eigenvalue weighted by atomic mass is 35.5. The number of amides is 2. The first-order valence-electron chi connectivity index (χ1n) is 12.1. The molecule has 1 N–H and O–H groups in total. The first-order valence-corrected chi connectivity index (χ1v) is 13.7. The number of carbonyl (C=O) groups is 2. The third kappa shape index (κ3) is 8.68. The summed E-state index contributed by atoms with van der Waals surface area (Å²) in [7, 11) is 0. The molecule has 2 amide bonds. The average Bonchev–Trinajstić information content (AvgIpc) is 2.89. The summed E-state index contributed by atoms with van der Waals surface area (Å²) in [6.07, 6.45) is 2.14. The quantitative estimate of drug-likeness (QED) is 0.267. The summed E-state index contributed by atoms with van der Waals surface area (Å²) in [4.78, 5) is 28.4. The van der Waals surface area contributed by atoms with Crippen LogP contribution in [0.3, 0.4) is 0 Å². The van der Waals surface area contributed by atoms with E-state index in [-0.39, 0.29) is 24.1 Å². The fourth-order valence-electron chi connectivity index (χ4n) is 3.79. The Morgan fingerprint density at radius 1 is 0.972 bits per heavy atom. The predicted molar refractivity (Wildman–Crippen MR) is 146 cm³/mol. The van der Waals surface area contributed by atoms with Crippen LogP contribution in [0.1, 0.15) is 36.5 Å². The Kier molecular flexibility index (Phi) is 11.3. The molecule has 0 fully saturated rings. The molecule has 3 rings (SSSR count). The molecule has 0 heterocycles. The van der Waals surface area contributed by atoms with Gasteiger partial charge in [-0.05, 0) is 35.7 Å². The largest absolute Gasteiger partial charge is 0.354 e. The van der Waals surface area contributed by atoms with Crippen molar-refractivity contribution < 1.29 is 14.0 Å². The maximum absolute atomic E-state index is 14.6. The Morgan fingerprint density at radius 3 is 2.36 bits per heavy atom. The Balaban J connectivity index is 1.83. The van der Waals surface area contributed by atoms with E-state index >= 15 is 0 Å². The molecule has 0 unspecified atom stereocenters. The van der Waals surface area contributed by atoms with Gasteiger partial charge in [-0.25, -0.2) is 4.39 Å². The summed E-state index contributed by atoms with van der Waals surface area (Å²) in [5.74, 6) is -0.0231. The lowest BCUT2D eigenvalue weighted by Crippen LogP contribution is -2.51. The third-order valence-electron chi connectivity index (χ3n) is 5.81. The summed E-state index contributed by atoms with van der Waals surface area (Å²) in [5.41, 5.74) is 2.37. The van der Waals surface area contributed by atoms with Crippen molar-refractivity contribution in [2.75, 3.05) is 12.3 Å². The summed E-state index contributed by atoms with van der Waals surface area (Å²) < 4.78 is 14.6. The van der Waals surface area contributed by atoms with Crippen LogP contribution in [0.5, 0.6) is 0 Å². The first-order chi connectivity index (χ1) is 17.5. The van der Waals surface area contributed by atoms with E-state index in [1.807, 2.05) is 54.6 Å². The number of nitrogens with one attached hydrogen (secondary N) is 1. The van der Waals surface area contributed by atoms with Crippen LogP contribution < -0.4 is 5.32 Å². The van der Waals surface area contributed by atoms with Crippen LogP contribution in [0.15, 0.2) is 78.9 Å². The van der Waals surface area contributed by atoms with Crippen LogP contribution in [0.2, 0.25) is 5.02 Å². The molecule has 1 atom stereocenters. The van der Waals surface area contributed by atoms with Crippen LogP contribution in [0.4, 0.5) is 4.39 Å². The molecule has 0 bridgehead atoms. The lowest BCUT2D eigenvalue weighted by Gasteiger charge is -2.31. The number of hydrogen-bond donors (Lipinski definition) is 1. The van der Waals surface area contributed by atoms with Gasteiger partial charge in [-0.1, -0.05) is 85.6 Å². The van der Waals surface area contributed by atoms with Gasteiger partial charge in [0.1, 0.15) is 11.9 Å². The van der Waals surface area contributed by atoms with Gasteiger partial charge in [0.2, 0.25) is 11.8 Å². The van der Waals surface area contributed by atoms with Gasteiger partial charge >= 0.3 is 0 Å². The highest BCUT2D eigenvalue weighted by Gasteiger charge is 2.30. The van der Waals surface area contributed by atoms with E-state index in [1.165, 1.54) is 22.7 Å². The Bertz CT molecular complexity index is 1110. The molecule has 7 heteroatoms. The van der Waals surface area contributed by atoms with Crippen LogP contribution in [-0.4, -0.2) is 35.1 Å². The molecule has 0 aromatic heterocycles. The Hall–Kier alpha value is -2.83. The van der Waals surface area contributed by atoms with Gasteiger partial charge in [-0.15, -0.1) is 11.8 Å². The van der Waals surface area contributed by atoms with Crippen molar-refractivity contribution >= 4 is 35.2 Å². The number of unbranched alkanes of at least 4 members (excludes halogenated alkanes) is 1. The fraction of sp³-hybridized carbons (Fsp3) is 0.310. The smallest absolute Gasteiger partial charge is 0.243 e. The molecule has 0 aliphatic heterocycles. The van der Waals surface area contributed by atoms with Crippen LogP contribution >= 0.6 is 23.4 Å². The molecule has 0 spiro atoms. The van der Waals surface area contributed by atoms with Gasteiger partial charge in [-0.2, -0.15) is 0 Å². The molecule has 3 aromatic carbocycles. The van der Waals surface area contributed by atoms with E-state index in [0.29, 0.717) is 29.3 Å². The molecule has 4 nitrogen and oxygen atoms in total. The van der Waals surface area contributed by atoms with Crippen molar-refractivity contribution in [1.29, 1.82) is 0 Å². The van der Waals surface area contributed by atoms with Gasteiger partial charge in [0.25, 0.3) is 0 Å². The Morgan fingerprint density at radius 2 is 1.67 bits per heavy atom. The number of halogens is 2. The second-order valence-corrected chi connectivity index (χ2v) is 10.0. The minimum atomic E-state index is -0.757. The minimum absolute atomic E-state index is 0.0196. The van der Waals surface area contributed by atoms with E-state index in [2.05, 4.69) is 12.2 Å². The summed E-state index contributed by atoms with van der Waals surface area (Å²) in [6, 6.07) is 22.7. The number of rotatable bonds is 13. The van der Waals surface area contributed by atoms with Gasteiger partial charge in [-0.3, -0.25) is 9.59 Å². The number of benzene rings is 3. The molecule has 0 saturated carbocycles. The topological polar surface area (TPSA) is 49.4 Å². The van der Waals surface area contributed by atoms with Crippen molar-refractivity contribution in [3.05, 3.63) is 106 Å². The summed E-state index contributed by atoms with van der Waals surface area (Å²) in [5, 5.41) is 3.64. The van der Waals surface area contributed by atoms with Crippen molar-refractivity contribution in [2.45, 2.75) is 44.5 Å². The zero-order valence-corrected chi connectivity index (χ0v) is 22.0. The van der Waals surface area contributed by atoms with E-state index < -0.39 is 11.9 Å². The maximum Gasteiger partial charge on any atom is 0.243 e. The fourth-order valence-corrected chi connectivity index (χ4v) is 4.79. The number of carbonyl (C=O) groups excluding carboxylic acids is 2. The lowest BCUT2D eigenvalue weighted by molar-refractivity contribution is -0.139. The first kappa shape index (κ1) is 27.8. The SMILES string of the molecule is CCCCNC(=O)[C@H](Cc1ccccc1)N(Cc1ccccc1F)C(=O)CSCc1ccc(Cl)cc1. The van der Waals surface area contributed by atoms with Gasteiger partial charge in [0, 0.05) is 35.8 Å². The van der Waals surface area contributed by atoms with Crippen LogP contribution in [0, 0.1) is 5.82 Å². The number of hydrogen-bond acceptors (Lipinski definition) is 3. The van der Waals surface area contributed by atoms with Crippen molar-refractivity contribution in [3.8, 4) is 0 Å². The second kappa shape index (κ2) is 14.7. The van der Waals surface area contributed by atoms with Crippen molar-refractivity contribution in [1.82, 2.24) is 10.2 Å². The minimum Gasteiger partial charge on any atom is -0.354 e. The molecule has 0 aliphatic rings. The number of thioether (sulfide) groups is 1. The van der Waals surface area contributed by atoms with E-state index in [1.54, 1.807) is 18.2 Å². The zero-order chi connectivity index (χ0) is 25.8. The molecular formula is C29H32ClFN2O2S. The molecule has 3 aromatic rings. The molecular weight excluding hydrogens is 495 g/mol. The van der Waals surface area contributed by atoms with Crippen LogP contribution in [0.25, 0.3) is 0 Å². The highest BCUT2D eigenvalue weighted by molar-refractivity contribution is 7.99. The molecule has 0 aliphatic carbocycles.